The Balaban J connectivity index is 1.48. The van der Waals surface area contributed by atoms with Crippen LogP contribution in [0.25, 0.3) is 0 Å². The van der Waals surface area contributed by atoms with Crippen LogP contribution in [-0.4, -0.2) is 47.1 Å². The van der Waals surface area contributed by atoms with Crippen molar-refractivity contribution in [1.29, 1.82) is 0 Å². The Kier molecular flexibility index (Phi) is 6.22. The molecule has 0 aromatic carbocycles. The van der Waals surface area contributed by atoms with Gasteiger partial charge in [0.25, 0.3) is 5.91 Å². The summed E-state index contributed by atoms with van der Waals surface area (Å²) in [5, 5.41) is 3.43. The second kappa shape index (κ2) is 8.80. The molecule has 0 bridgehead atoms. The van der Waals surface area contributed by atoms with Crippen molar-refractivity contribution in [2.75, 3.05) is 31.1 Å². The fourth-order valence-corrected chi connectivity index (χ4v) is 3.10. The maximum absolute atomic E-state index is 12.2. The van der Waals surface area contributed by atoms with Gasteiger partial charge in [-0.15, -0.1) is 0 Å². The molecule has 1 amide bonds. The first-order valence-corrected chi connectivity index (χ1v) is 9.13. The lowest BCUT2D eigenvalue weighted by Crippen LogP contribution is -2.39. The van der Waals surface area contributed by atoms with E-state index >= 15 is 0 Å². The number of piperidine rings is 1. The monoisotopic (exact) mass is 375 g/mol. The first-order chi connectivity index (χ1) is 12.7. The molecule has 0 spiro atoms. The summed E-state index contributed by atoms with van der Waals surface area (Å²) in [7, 11) is 0. The summed E-state index contributed by atoms with van der Waals surface area (Å²) in [6.45, 7) is 4.87. The predicted molar refractivity (Wildman–Crippen MR) is 99.7 cm³/mol. The fourth-order valence-electron chi connectivity index (χ4n) is 2.93. The minimum Gasteiger partial charge on any atom is -0.478 e. The van der Waals surface area contributed by atoms with E-state index in [4.69, 9.17) is 16.3 Å². The Morgan fingerprint density at radius 3 is 2.92 bits per heavy atom. The Hall–Kier alpha value is -2.41. The summed E-state index contributed by atoms with van der Waals surface area (Å²) in [6, 6.07) is 3.38. The number of nitrogens with zero attached hydrogens (tertiary/aromatic N) is 4. The van der Waals surface area contributed by atoms with Gasteiger partial charge in [0.1, 0.15) is 0 Å². The summed E-state index contributed by atoms with van der Waals surface area (Å²) < 4.78 is 5.43. The van der Waals surface area contributed by atoms with Crippen LogP contribution in [0.2, 0.25) is 5.02 Å². The Morgan fingerprint density at radius 2 is 2.19 bits per heavy atom. The van der Waals surface area contributed by atoms with Crippen LogP contribution in [0.1, 0.15) is 30.1 Å². The third-order valence-electron chi connectivity index (χ3n) is 4.33. The van der Waals surface area contributed by atoms with Crippen LogP contribution < -0.4 is 15.0 Å². The van der Waals surface area contributed by atoms with E-state index < -0.39 is 0 Å². The maximum atomic E-state index is 12.2. The molecule has 1 aliphatic rings. The van der Waals surface area contributed by atoms with Gasteiger partial charge in [0.15, 0.2) is 0 Å². The van der Waals surface area contributed by atoms with Gasteiger partial charge in [-0.25, -0.2) is 4.98 Å². The highest BCUT2D eigenvalue weighted by Crippen LogP contribution is 2.21. The number of amides is 1. The van der Waals surface area contributed by atoms with E-state index in [1.54, 1.807) is 18.3 Å². The number of hydrogen-bond donors (Lipinski definition) is 1. The molecule has 0 atom stereocenters. The molecule has 1 aliphatic heterocycles. The quantitative estimate of drug-likeness (QED) is 0.835. The van der Waals surface area contributed by atoms with Crippen LogP contribution >= 0.6 is 11.6 Å². The lowest BCUT2D eigenvalue weighted by atomic mass is 9.97. The van der Waals surface area contributed by atoms with Crippen LogP contribution in [0, 0.1) is 5.92 Å². The van der Waals surface area contributed by atoms with E-state index in [2.05, 4.69) is 25.2 Å². The smallest absolute Gasteiger partial charge is 0.252 e. The van der Waals surface area contributed by atoms with Crippen LogP contribution in [0.3, 0.4) is 0 Å². The van der Waals surface area contributed by atoms with Crippen molar-refractivity contribution < 1.29 is 9.53 Å². The van der Waals surface area contributed by atoms with Gasteiger partial charge in [-0.05, 0) is 31.7 Å². The van der Waals surface area contributed by atoms with Crippen molar-refractivity contribution in [2.24, 2.45) is 5.92 Å². The summed E-state index contributed by atoms with van der Waals surface area (Å²) in [4.78, 5) is 27.0. The molecule has 2 aromatic rings. The number of halogens is 1. The lowest BCUT2D eigenvalue weighted by molar-refractivity contribution is 0.0944. The third kappa shape index (κ3) is 4.82. The van der Waals surface area contributed by atoms with Crippen LogP contribution in [0.5, 0.6) is 5.88 Å². The van der Waals surface area contributed by atoms with Crippen LogP contribution in [0.15, 0.2) is 30.7 Å². The summed E-state index contributed by atoms with van der Waals surface area (Å²) in [5.41, 5.74) is 0.482. The summed E-state index contributed by atoms with van der Waals surface area (Å²) in [5.74, 6) is 1.58. The molecule has 26 heavy (non-hydrogen) atoms. The van der Waals surface area contributed by atoms with Gasteiger partial charge in [0.05, 0.1) is 17.2 Å². The molecule has 0 aliphatic carbocycles. The van der Waals surface area contributed by atoms with Crippen molar-refractivity contribution in [1.82, 2.24) is 20.3 Å². The van der Waals surface area contributed by atoms with E-state index in [1.807, 2.05) is 6.92 Å². The Bertz CT molecular complexity index is 750. The zero-order valence-corrected chi connectivity index (χ0v) is 15.4. The van der Waals surface area contributed by atoms with Crippen molar-refractivity contribution in [3.63, 3.8) is 0 Å². The third-order valence-corrected chi connectivity index (χ3v) is 4.53. The summed E-state index contributed by atoms with van der Waals surface area (Å²) in [6.07, 6.45) is 6.69. The zero-order chi connectivity index (χ0) is 18.4. The molecule has 1 saturated heterocycles. The highest BCUT2D eigenvalue weighted by Gasteiger charge is 2.22. The Morgan fingerprint density at radius 1 is 1.38 bits per heavy atom. The second-order valence-electron chi connectivity index (χ2n) is 6.16. The average molecular weight is 376 g/mol. The summed E-state index contributed by atoms with van der Waals surface area (Å²) >= 11 is 5.87. The van der Waals surface area contributed by atoms with E-state index in [1.165, 1.54) is 12.4 Å². The number of rotatable bonds is 6. The lowest BCUT2D eigenvalue weighted by Gasteiger charge is -2.32. The number of aromatic nitrogens is 3. The molecule has 138 valence electrons. The molecule has 8 heteroatoms. The van der Waals surface area contributed by atoms with Gasteiger partial charge in [-0.1, -0.05) is 11.6 Å². The first kappa shape index (κ1) is 18.4. The largest absolute Gasteiger partial charge is 0.478 e. The van der Waals surface area contributed by atoms with E-state index in [0.717, 1.165) is 25.9 Å². The molecule has 0 unspecified atom stereocenters. The molecular formula is C18H22ClN5O2. The minimum atomic E-state index is -0.143. The number of carbonyl (C=O) groups is 1. The molecule has 1 N–H and O–H groups in total. The topological polar surface area (TPSA) is 80.2 Å². The van der Waals surface area contributed by atoms with Gasteiger partial charge >= 0.3 is 0 Å². The van der Waals surface area contributed by atoms with Gasteiger partial charge < -0.3 is 15.0 Å². The molecule has 3 heterocycles. The van der Waals surface area contributed by atoms with E-state index in [-0.39, 0.29) is 5.91 Å². The molecule has 7 nitrogen and oxygen atoms in total. The number of pyridine rings is 1. The van der Waals surface area contributed by atoms with Crippen molar-refractivity contribution in [3.8, 4) is 5.88 Å². The highest BCUT2D eigenvalue weighted by atomic mass is 35.5. The van der Waals surface area contributed by atoms with Crippen molar-refractivity contribution in [2.45, 2.75) is 19.8 Å². The first-order valence-electron chi connectivity index (χ1n) is 8.75. The molecule has 0 radical (unpaired) electrons. The van der Waals surface area contributed by atoms with Gasteiger partial charge in [0, 0.05) is 44.3 Å². The van der Waals surface area contributed by atoms with E-state index in [0.29, 0.717) is 41.5 Å². The molecular weight excluding hydrogens is 354 g/mol. The number of hydrogen-bond acceptors (Lipinski definition) is 6. The highest BCUT2D eigenvalue weighted by molar-refractivity contribution is 6.30. The van der Waals surface area contributed by atoms with Gasteiger partial charge in [-0.2, -0.15) is 4.98 Å². The average Bonchev–Trinajstić information content (AvgIpc) is 2.67. The Labute approximate surface area is 157 Å². The number of nitrogens with one attached hydrogen (secondary N) is 1. The normalized spacial score (nSPS) is 14.9. The molecule has 3 rings (SSSR count). The molecule has 2 aromatic heterocycles. The number of anilines is 1. The number of carbonyl (C=O) groups excluding carboxylic acids is 1. The van der Waals surface area contributed by atoms with Gasteiger partial charge in [-0.3, -0.25) is 9.78 Å². The van der Waals surface area contributed by atoms with Crippen molar-refractivity contribution in [3.05, 3.63) is 41.3 Å². The minimum absolute atomic E-state index is 0.143. The SMILES string of the molecule is CCOc1ccnc(N2CCC(CNC(=O)c3cncc(Cl)c3)CC2)n1. The fraction of sp³-hybridized carbons (Fsp3) is 0.444. The van der Waals surface area contributed by atoms with Gasteiger partial charge in [0.2, 0.25) is 11.8 Å². The molecule has 1 fully saturated rings. The van der Waals surface area contributed by atoms with Crippen LogP contribution in [-0.2, 0) is 0 Å². The maximum Gasteiger partial charge on any atom is 0.252 e. The van der Waals surface area contributed by atoms with Crippen LogP contribution in [0.4, 0.5) is 5.95 Å². The molecule has 0 saturated carbocycles. The predicted octanol–water partition coefficient (Wildman–Crippen LogP) is 2.57. The van der Waals surface area contributed by atoms with Crippen molar-refractivity contribution >= 4 is 23.5 Å². The zero-order valence-electron chi connectivity index (χ0n) is 14.7. The second-order valence-corrected chi connectivity index (χ2v) is 6.60. The van der Waals surface area contributed by atoms with E-state index in [9.17, 15) is 4.79 Å². The standard InChI is InChI=1S/C18H22ClN5O2/c1-2-26-16-3-6-21-18(23-16)24-7-4-13(5-8-24)10-22-17(25)14-9-15(19)12-20-11-14/h3,6,9,11-13H,2,4-5,7-8,10H2,1H3,(H,22,25). The number of ether oxygens (including phenoxy) is 1.